The number of carbonyl (C=O) groups is 3. The first kappa shape index (κ1) is 12.6. The van der Waals surface area contributed by atoms with Crippen LogP contribution in [0.5, 0.6) is 0 Å². The molecular weight excluding hydrogens is 186 g/mol. The lowest BCUT2D eigenvalue weighted by molar-refractivity contribution is -0.134. The molecule has 0 aliphatic rings. The predicted octanol–water partition coefficient (Wildman–Crippen LogP) is -1.89. The summed E-state index contributed by atoms with van der Waals surface area (Å²) in [6, 6.07) is -0.538. The molecule has 0 radical (unpaired) electrons. The summed E-state index contributed by atoms with van der Waals surface area (Å²) in [4.78, 5) is 33.5. The molecule has 0 unspecified atom stereocenters. The first-order valence-electron chi connectivity index (χ1n) is 4.20. The molecule has 0 aromatic heterocycles. The van der Waals surface area contributed by atoms with Gasteiger partial charge in [0.2, 0.25) is 11.8 Å². The molecule has 0 spiro atoms. The molecular formula is C8H15N3O3. The fourth-order valence-electron chi connectivity index (χ4n) is 0.793. The zero-order valence-electron chi connectivity index (χ0n) is 8.32. The largest absolute Gasteiger partial charge is 0.345 e. The standard InChI is InChI=1S/C8H15N3O3/c1-6(5-12)10-7(13)4-11(2)8(14)3-9/h5-6H,3-4,9H2,1-2H3,(H,10,13)/t6-/m0/s1. The maximum Gasteiger partial charge on any atom is 0.240 e. The van der Waals surface area contributed by atoms with E-state index in [0.29, 0.717) is 6.29 Å². The predicted molar refractivity (Wildman–Crippen MR) is 50.4 cm³/mol. The molecule has 3 N–H and O–H groups in total. The minimum atomic E-state index is -0.538. The highest BCUT2D eigenvalue weighted by Gasteiger charge is 2.12. The number of aldehydes is 1. The van der Waals surface area contributed by atoms with Gasteiger partial charge in [-0.2, -0.15) is 0 Å². The Bertz CT molecular complexity index is 230. The van der Waals surface area contributed by atoms with Crippen molar-refractivity contribution in [2.75, 3.05) is 20.1 Å². The van der Waals surface area contributed by atoms with Crippen molar-refractivity contribution >= 4 is 18.1 Å². The monoisotopic (exact) mass is 201 g/mol. The molecule has 0 aliphatic heterocycles. The molecule has 0 bridgehead atoms. The van der Waals surface area contributed by atoms with Crippen molar-refractivity contribution in [2.24, 2.45) is 5.73 Å². The van der Waals surface area contributed by atoms with Crippen LogP contribution in [0, 0.1) is 0 Å². The Balaban J connectivity index is 3.94. The molecule has 0 saturated carbocycles. The van der Waals surface area contributed by atoms with Crippen LogP contribution in [0.3, 0.4) is 0 Å². The summed E-state index contributed by atoms with van der Waals surface area (Å²) >= 11 is 0. The third-order valence-electron chi connectivity index (χ3n) is 1.57. The number of hydrogen-bond acceptors (Lipinski definition) is 4. The summed E-state index contributed by atoms with van der Waals surface area (Å²) < 4.78 is 0. The highest BCUT2D eigenvalue weighted by atomic mass is 16.2. The van der Waals surface area contributed by atoms with Crippen LogP contribution >= 0.6 is 0 Å². The van der Waals surface area contributed by atoms with E-state index in [9.17, 15) is 14.4 Å². The minimum absolute atomic E-state index is 0.0891. The van der Waals surface area contributed by atoms with Crippen LogP contribution in [0.15, 0.2) is 0 Å². The maximum atomic E-state index is 11.1. The average molecular weight is 201 g/mol. The molecule has 0 aromatic rings. The number of nitrogens with two attached hydrogens (primary N) is 1. The Labute approximate surface area is 82.4 Å². The summed E-state index contributed by atoms with van der Waals surface area (Å²) in [6.07, 6.45) is 0.614. The van der Waals surface area contributed by atoms with Crippen molar-refractivity contribution in [3.05, 3.63) is 0 Å². The fourth-order valence-corrected chi connectivity index (χ4v) is 0.793. The Morgan fingerprint density at radius 2 is 2.14 bits per heavy atom. The Kier molecular flexibility index (Phi) is 5.47. The Hall–Kier alpha value is -1.43. The second-order valence-corrected chi connectivity index (χ2v) is 2.95. The van der Waals surface area contributed by atoms with Gasteiger partial charge in [0.05, 0.1) is 19.1 Å². The van der Waals surface area contributed by atoms with E-state index in [1.807, 2.05) is 0 Å². The topological polar surface area (TPSA) is 92.5 Å². The van der Waals surface area contributed by atoms with Crippen molar-refractivity contribution < 1.29 is 14.4 Å². The van der Waals surface area contributed by atoms with E-state index in [1.54, 1.807) is 6.92 Å². The van der Waals surface area contributed by atoms with Gasteiger partial charge in [0, 0.05) is 7.05 Å². The number of amides is 2. The summed E-state index contributed by atoms with van der Waals surface area (Å²) in [5.74, 6) is -0.701. The zero-order chi connectivity index (χ0) is 11.1. The normalized spacial score (nSPS) is 11.6. The number of rotatable bonds is 5. The summed E-state index contributed by atoms with van der Waals surface area (Å²) in [6.45, 7) is 1.33. The lowest BCUT2D eigenvalue weighted by Gasteiger charge is -2.16. The van der Waals surface area contributed by atoms with E-state index in [-0.39, 0.29) is 24.9 Å². The number of carbonyl (C=O) groups excluding carboxylic acids is 3. The van der Waals surface area contributed by atoms with Gasteiger partial charge in [-0.25, -0.2) is 0 Å². The summed E-state index contributed by atoms with van der Waals surface area (Å²) in [5.41, 5.74) is 5.10. The summed E-state index contributed by atoms with van der Waals surface area (Å²) in [7, 11) is 1.47. The molecule has 6 heteroatoms. The van der Waals surface area contributed by atoms with Gasteiger partial charge in [-0.15, -0.1) is 0 Å². The van der Waals surface area contributed by atoms with Crippen molar-refractivity contribution in [3.63, 3.8) is 0 Å². The van der Waals surface area contributed by atoms with Crippen molar-refractivity contribution in [3.8, 4) is 0 Å². The van der Waals surface area contributed by atoms with Crippen LogP contribution in [0.4, 0.5) is 0 Å². The van der Waals surface area contributed by atoms with E-state index in [2.05, 4.69) is 5.32 Å². The molecule has 80 valence electrons. The van der Waals surface area contributed by atoms with Crippen LogP contribution in [0.25, 0.3) is 0 Å². The highest BCUT2D eigenvalue weighted by Crippen LogP contribution is 1.84. The maximum absolute atomic E-state index is 11.1. The molecule has 0 saturated heterocycles. The first-order valence-corrected chi connectivity index (χ1v) is 4.20. The summed E-state index contributed by atoms with van der Waals surface area (Å²) in [5, 5.41) is 2.40. The second kappa shape index (κ2) is 6.09. The van der Waals surface area contributed by atoms with Gasteiger partial charge in [-0.3, -0.25) is 9.59 Å². The number of nitrogens with one attached hydrogen (secondary N) is 1. The third kappa shape index (κ3) is 4.56. The lowest BCUT2D eigenvalue weighted by atomic mass is 10.3. The molecule has 6 nitrogen and oxygen atoms in total. The van der Waals surface area contributed by atoms with Crippen LogP contribution < -0.4 is 11.1 Å². The fraction of sp³-hybridized carbons (Fsp3) is 0.625. The van der Waals surface area contributed by atoms with Gasteiger partial charge in [-0.1, -0.05) is 0 Å². The van der Waals surface area contributed by atoms with Gasteiger partial charge >= 0.3 is 0 Å². The SMILES string of the molecule is C[C@@H](C=O)NC(=O)CN(C)C(=O)CN. The first-order chi connectivity index (χ1) is 6.51. The second-order valence-electron chi connectivity index (χ2n) is 2.95. The number of likely N-dealkylation sites (N-methyl/N-ethyl adjacent to an activating group) is 1. The van der Waals surface area contributed by atoms with Crippen LogP contribution in [0.2, 0.25) is 0 Å². The van der Waals surface area contributed by atoms with Crippen molar-refractivity contribution in [1.29, 1.82) is 0 Å². The number of nitrogens with zero attached hydrogens (tertiary/aromatic N) is 1. The minimum Gasteiger partial charge on any atom is -0.345 e. The Morgan fingerprint density at radius 3 is 2.57 bits per heavy atom. The van der Waals surface area contributed by atoms with Gasteiger partial charge in [0.1, 0.15) is 6.29 Å². The molecule has 0 aliphatic carbocycles. The molecule has 14 heavy (non-hydrogen) atoms. The van der Waals surface area contributed by atoms with Crippen LogP contribution in [-0.2, 0) is 14.4 Å². The molecule has 0 fully saturated rings. The highest BCUT2D eigenvalue weighted by molar-refractivity contribution is 5.86. The van der Waals surface area contributed by atoms with Crippen molar-refractivity contribution in [2.45, 2.75) is 13.0 Å². The van der Waals surface area contributed by atoms with Gasteiger partial charge in [0.25, 0.3) is 0 Å². The smallest absolute Gasteiger partial charge is 0.240 e. The molecule has 2 amide bonds. The average Bonchev–Trinajstić information content (AvgIpc) is 2.15. The van der Waals surface area contributed by atoms with Gasteiger partial charge < -0.3 is 20.7 Å². The number of hydrogen-bond donors (Lipinski definition) is 2. The zero-order valence-corrected chi connectivity index (χ0v) is 8.32. The van der Waals surface area contributed by atoms with E-state index < -0.39 is 6.04 Å². The van der Waals surface area contributed by atoms with E-state index >= 15 is 0 Å². The van der Waals surface area contributed by atoms with Crippen LogP contribution in [0.1, 0.15) is 6.92 Å². The lowest BCUT2D eigenvalue weighted by Crippen LogP contribution is -2.43. The van der Waals surface area contributed by atoms with Gasteiger partial charge in [-0.05, 0) is 6.92 Å². The van der Waals surface area contributed by atoms with Gasteiger partial charge in [0.15, 0.2) is 0 Å². The quantitative estimate of drug-likeness (QED) is 0.508. The van der Waals surface area contributed by atoms with E-state index in [0.717, 1.165) is 0 Å². The Morgan fingerprint density at radius 1 is 1.57 bits per heavy atom. The molecule has 0 aromatic carbocycles. The molecule has 0 heterocycles. The molecule has 0 rings (SSSR count). The third-order valence-corrected chi connectivity index (χ3v) is 1.57. The molecule has 1 atom stereocenters. The van der Waals surface area contributed by atoms with E-state index in [1.165, 1.54) is 11.9 Å². The van der Waals surface area contributed by atoms with E-state index in [4.69, 9.17) is 5.73 Å². The van der Waals surface area contributed by atoms with Crippen molar-refractivity contribution in [1.82, 2.24) is 10.2 Å². The van der Waals surface area contributed by atoms with Crippen LogP contribution in [-0.4, -0.2) is 49.2 Å².